The van der Waals surface area contributed by atoms with Crippen molar-refractivity contribution >= 4 is 40.0 Å². The van der Waals surface area contributed by atoms with Crippen molar-refractivity contribution in [2.75, 3.05) is 53.8 Å². The zero-order chi connectivity index (χ0) is 15.6. The Bertz CT molecular complexity index is 700. The van der Waals surface area contributed by atoms with E-state index in [2.05, 4.69) is 57.6 Å². The Morgan fingerprint density at radius 1 is 1.00 bits per heavy atom. The molecule has 0 unspecified atom stereocenters. The minimum absolute atomic E-state index is 0.593. The second kappa shape index (κ2) is 6.30. The summed E-state index contributed by atoms with van der Waals surface area (Å²) in [7, 11) is 0. The van der Waals surface area contributed by atoms with Gasteiger partial charge in [0, 0.05) is 31.2 Å². The maximum absolute atomic E-state index is 6.07. The second-order valence-corrected chi connectivity index (χ2v) is 6.16. The highest BCUT2D eigenvalue weighted by Crippen LogP contribution is 2.44. The maximum atomic E-state index is 6.07. The number of halogens is 1. The summed E-state index contributed by atoms with van der Waals surface area (Å²) in [6.45, 7) is 4.27. The lowest BCUT2D eigenvalue weighted by Crippen LogP contribution is -2.36. The van der Waals surface area contributed by atoms with E-state index in [1.807, 2.05) is 0 Å². The van der Waals surface area contributed by atoms with Crippen molar-refractivity contribution in [1.29, 1.82) is 0 Å². The van der Waals surface area contributed by atoms with E-state index in [0.717, 1.165) is 44.2 Å². The summed E-state index contributed by atoms with van der Waals surface area (Å²) in [6, 6.07) is 15.0. The van der Waals surface area contributed by atoms with Crippen LogP contribution in [0.25, 0.3) is 0 Å². The van der Waals surface area contributed by atoms with E-state index in [4.69, 9.17) is 16.3 Å². The molecule has 1 N–H and O–H groups in total. The molecule has 0 spiro atoms. The van der Waals surface area contributed by atoms with Crippen LogP contribution in [0, 0.1) is 0 Å². The Morgan fingerprint density at radius 3 is 2.61 bits per heavy atom. The average molecular weight is 330 g/mol. The number of morpholine rings is 1. The van der Waals surface area contributed by atoms with Gasteiger partial charge in [0.1, 0.15) is 0 Å². The number of nitrogens with zero attached hydrogens (tertiary/aromatic N) is 2. The van der Waals surface area contributed by atoms with Gasteiger partial charge < -0.3 is 19.9 Å². The van der Waals surface area contributed by atoms with Gasteiger partial charge in [0.15, 0.2) is 0 Å². The van der Waals surface area contributed by atoms with E-state index in [1.165, 1.54) is 17.1 Å². The van der Waals surface area contributed by atoms with E-state index in [9.17, 15) is 0 Å². The van der Waals surface area contributed by atoms with Crippen molar-refractivity contribution in [3.8, 4) is 0 Å². The predicted octanol–water partition coefficient (Wildman–Crippen LogP) is 3.96. The molecule has 0 aliphatic carbocycles. The lowest BCUT2D eigenvalue weighted by atomic mass is 10.1. The van der Waals surface area contributed by atoms with Gasteiger partial charge >= 0.3 is 0 Å². The van der Waals surface area contributed by atoms with Gasteiger partial charge in [0.25, 0.3) is 0 Å². The van der Waals surface area contributed by atoms with E-state index >= 15 is 0 Å². The monoisotopic (exact) mass is 329 g/mol. The molecule has 1 saturated heterocycles. The molecule has 2 aliphatic rings. The third-order valence-electron chi connectivity index (χ3n) is 4.42. The summed E-state index contributed by atoms with van der Waals surface area (Å²) >= 11 is 6.07. The molecular weight excluding hydrogens is 310 g/mol. The highest BCUT2D eigenvalue weighted by molar-refractivity contribution is 6.18. The Kier molecular flexibility index (Phi) is 4.02. The van der Waals surface area contributed by atoms with Gasteiger partial charge in [0.2, 0.25) is 0 Å². The third kappa shape index (κ3) is 2.73. The molecule has 0 radical (unpaired) electrons. The normalized spacial score (nSPS) is 16.6. The van der Waals surface area contributed by atoms with Gasteiger partial charge in [0.05, 0.1) is 36.0 Å². The van der Waals surface area contributed by atoms with Crippen molar-refractivity contribution in [2.24, 2.45) is 0 Å². The van der Waals surface area contributed by atoms with Gasteiger partial charge in [-0.3, -0.25) is 0 Å². The minimum Gasteiger partial charge on any atom is -0.378 e. The van der Waals surface area contributed by atoms with E-state index in [1.54, 1.807) is 0 Å². The van der Waals surface area contributed by atoms with Crippen LogP contribution in [-0.2, 0) is 4.74 Å². The molecule has 4 nitrogen and oxygen atoms in total. The number of fused-ring (bicyclic) bond motifs is 2. The van der Waals surface area contributed by atoms with Crippen LogP contribution < -0.4 is 15.1 Å². The van der Waals surface area contributed by atoms with Gasteiger partial charge in [-0.05, 0) is 30.3 Å². The van der Waals surface area contributed by atoms with Crippen LogP contribution in [0.1, 0.15) is 0 Å². The molecule has 0 aromatic heterocycles. The van der Waals surface area contributed by atoms with Crippen LogP contribution in [0.2, 0.25) is 0 Å². The molecular formula is C18H20ClN3O. The van der Waals surface area contributed by atoms with Gasteiger partial charge in [-0.15, -0.1) is 11.6 Å². The molecule has 0 atom stereocenters. The number of anilines is 5. The van der Waals surface area contributed by atoms with Crippen LogP contribution in [0.3, 0.4) is 0 Å². The molecule has 5 heteroatoms. The number of alkyl halides is 1. The van der Waals surface area contributed by atoms with Crippen molar-refractivity contribution in [3.05, 3.63) is 42.5 Å². The predicted molar refractivity (Wildman–Crippen MR) is 96.9 cm³/mol. The summed E-state index contributed by atoms with van der Waals surface area (Å²) in [5.41, 5.74) is 5.87. The van der Waals surface area contributed by atoms with Crippen molar-refractivity contribution in [1.82, 2.24) is 0 Å². The zero-order valence-electron chi connectivity index (χ0n) is 13.0. The largest absolute Gasteiger partial charge is 0.378 e. The first-order chi connectivity index (χ1) is 11.4. The Labute approximate surface area is 141 Å². The molecule has 2 heterocycles. The summed E-state index contributed by atoms with van der Waals surface area (Å²) in [6.07, 6.45) is 0. The highest BCUT2D eigenvalue weighted by Gasteiger charge is 2.23. The molecule has 2 aromatic carbocycles. The molecule has 0 bridgehead atoms. The summed E-state index contributed by atoms with van der Waals surface area (Å²) in [5.74, 6) is 0.593. The number of hydrogen-bond acceptors (Lipinski definition) is 4. The van der Waals surface area contributed by atoms with Gasteiger partial charge in [-0.1, -0.05) is 12.1 Å². The molecule has 0 amide bonds. The van der Waals surface area contributed by atoms with Crippen molar-refractivity contribution in [3.63, 3.8) is 0 Å². The van der Waals surface area contributed by atoms with Crippen LogP contribution in [-0.4, -0.2) is 38.7 Å². The number of rotatable bonds is 3. The van der Waals surface area contributed by atoms with Crippen molar-refractivity contribution in [2.45, 2.75) is 0 Å². The van der Waals surface area contributed by atoms with Crippen molar-refractivity contribution < 1.29 is 4.74 Å². The second-order valence-electron chi connectivity index (χ2n) is 5.78. The molecule has 2 aromatic rings. The minimum atomic E-state index is 0.593. The molecule has 120 valence electrons. The van der Waals surface area contributed by atoms with E-state index in [-0.39, 0.29) is 0 Å². The maximum Gasteiger partial charge on any atom is 0.0671 e. The van der Waals surface area contributed by atoms with E-state index < -0.39 is 0 Å². The highest BCUT2D eigenvalue weighted by atomic mass is 35.5. The molecule has 2 aliphatic heterocycles. The molecule has 23 heavy (non-hydrogen) atoms. The molecule has 1 fully saturated rings. The number of para-hydroxylation sites is 2. The average Bonchev–Trinajstić information content (AvgIpc) is 2.62. The SMILES string of the molecule is ClCCN1c2ccccc2Nc2ccc(N3CCOCC3)cc21. The zero-order valence-corrected chi connectivity index (χ0v) is 13.7. The molecule has 0 saturated carbocycles. The van der Waals surface area contributed by atoms with Crippen LogP contribution >= 0.6 is 11.6 Å². The van der Waals surface area contributed by atoms with Gasteiger partial charge in [-0.25, -0.2) is 0 Å². The fourth-order valence-corrected chi connectivity index (χ4v) is 3.45. The van der Waals surface area contributed by atoms with Crippen LogP contribution in [0.5, 0.6) is 0 Å². The number of nitrogens with one attached hydrogen (secondary N) is 1. The Balaban J connectivity index is 1.73. The smallest absolute Gasteiger partial charge is 0.0671 e. The quantitative estimate of drug-likeness (QED) is 0.863. The summed E-state index contributed by atoms with van der Waals surface area (Å²) in [4.78, 5) is 4.68. The topological polar surface area (TPSA) is 27.7 Å². The van der Waals surface area contributed by atoms with E-state index in [0.29, 0.717) is 5.88 Å². The third-order valence-corrected chi connectivity index (χ3v) is 4.59. The lowest BCUT2D eigenvalue weighted by Gasteiger charge is -2.35. The van der Waals surface area contributed by atoms with Crippen LogP contribution in [0.4, 0.5) is 28.4 Å². The fraction of sp³-hybridized carbons (Fsp3) is 0.333. The Morgan fingerprint density at radius 2 is 1.78 bits per heavy atom. The fourth-order valence-electron chi connectivity index (χ4n) is 3.28. The number of ether oxygens (including phenoxy) is 1. The number of hydrogen-bond donors (Lipinski definition) is 1. The summed E-state index contributed by atoms with van der Waals surface area (Å²) in [5, 5.41) is 3.53. The lowest BCUT2D eigenvalue weighted by molar-refractivity contribution is 0.122. The Hall–Kier alpha value is -1.91. The standard InChI is InChI=1S/C18H20ClN3O/c19-7-8-22-17-4-2-1-3-15(17)20-16-6-5-14(13-18(16)22)21-9-11-23-12-10-21/h1-6,13,20H,7-12H2. The first-order valence-corrected chi connectivity index (χ1v) is 8.56. The van der Waals surface area contributed by atoms with Crippen LogP contribution in [0.15, 0.2) is 42.5 Å². The first kappa shape index (κ1) is 14.7. The molecule has 4 rings (SSSR count). The summed E-state index contributed by atoms with van der Waals surface area (Å²) < 4.78 is 5.46. The first-order valence-electron chi connectivity index (χ1n) is 8.03. The van der Waals surface area contributed by atoms with Gasteiger partial charge in [-0.2, -0.15) is 0 Å². The number of benzene rings is 2.